The van der Waals surface area contributed by atoms with E-state index in [0.29, 0.717) is 13.1 Å². The summed E-state index contributed by atoms with van der Waals surface area (Å²) in [6.07, 6.45) is 15.5. The first-order chi connectivity index (χ1) is 10.6. The summed E-state index contributed by atoms with van der Waals surface area (Å²) < 4.78 is 0. The van der Waals surface area contributed by atoms with Crippen molar-refractivity contribution in [1.82, 2.24) is 5.32 Å². The van der Waals surface area contributed by atoms with E-state index in [4.69, 9.17) is 11.5 Å². The first-order valence-corrected chi connectivity index (χ1v) is 8.03. The van der Waals surface area contributed by atoms with E-state index in [0.717, 1.165) is 24.8 Å². The molecule has 0 heterocycles. The molecule has 0 aliphatic heterocycles. The lowest BCUT2D eigenvalue weighted by atomic mass is 10.2. The van der Waals surface area contributed by atoms with Crippen LogP contribution < -0.4 is 16.8 Å². The molecule has 0 aromatic carbocycles. The van der Waals surface area contributed by atoms with Crippen LogP contribution in [0.5, 0.6) is 0 Å². The Labute approximate surface area is 133 Å². The molecule has 1 rings (SSSR count). The van der Waals surface area contributed by atoms with Crippen molar-refractivity contribution in [2.75, 3.05) is 13.1 Å². The van der Waals surface area contributed by atoms with Crippen molar-refractivity contribution < 1.29 is 4.79 Å². The van der Waals surface area contributed by atoms with Crippen molar-refractivity contribution in [2.24, 2.45) is 22.4 Å². The number of guanidine groups is 1. The number of rotatable bonds is 11. The Morgan fingerprint density at radius 2 is 2.14 bits per heavy atom. The lowest BCUT2D eigenvalue weighted by Crippen LogP contribution is -2.27. The van der Waals surface area contributed by atoms with Crippen LogP contribution in [0.3, 0.4) is 0 Å². The molecule has 1 aliphatic carbocycles. The van der Waals surface area contributed by atoms with Crippen molar-refractivity contribution in [3.05, 3.63) is 36.0 Å². The number of amides is 1. The average molecular weight is 304 g/mol. The molecule has 0 saturated carbocycles. The number of unbranched alkanes of at least 4 members (excludes halogenated alkanes) is 3. The Balaban J connectivity index is 2.05. The van der Waals surface area contributed by atoms with Crippen LogP contribution in [0.1, 0.15) is 39.0 Å². The molecule has 0 saturated heterocycles. The van der Waals surface area contributed by atoms with Crippen LogP contribution in [0, 0.1) is 5.92 Å². The largest absolute Gasteiger partial charge is 0.370 e. The molecule has 5 heteroatoms. The summed E-state index contributed by atoms with van der Waals surface area (Å²) in [6.45, 7) is 3.46. The van der Waals surface area contributed by atoms with E-state index < -0.39 is 0 Å². The molecule has 0 aromatic heterocycles. The highest BCUT2D eigenvalue weighted by atomic mass is 16.1. The highest BCUT2D eigenvalue weighted by Gasteiger charge is 2.29. The smallest absolute Gasteiger partial charge is 0.231 e. The van der Waals surface area contributed by atoms with Gasteiger partial charge in [-0.05, 0) is 24.8 Å². The minimum Gasteiger partial charge on any atom is -0.370 e. The third-order valence-electron chi connectivity index (χ3n) is 3.33. The van der Waals surface area contributed by atoms with Crippen LogP contribution in [-0.4, -0.2) is 25.0 Å². The monoisotopic (exact) mass is 304 g/mol. The van der Waals surface area contributed by atoms with E-state index in [1.54, 1.807) is 0 Å². The van der Waals surface area contributed by atoms with Gasteiger partial charge in [0.05, 0.1) is 5.92 Å². The minimum absolute atomic E-state index is 0.0435. The number of aliphatic imine (C=N–C) groups is 1. The van der Waals surface area contributed by atoms with Gasteiger partial charge in [-0.15, -0.1) is 0 Å². The second-order valence-electron chi connectivity index (χ2n) is 5.38. The quantitative estimate of drug-likeness (QED) is 0.236. The van der Waals surface area contributed by atoms with E-state index in [1.165, 1.54) is 12.8 Å². The minimum atomic E-state index is -0.0435. The molecule has 5 N–H and O–H groups in total. The Kier molecular flexibility index (Phi) is 8.72. The molecule has 0 radical (unpaired) electrons. The topological polar surface area (TPSA) is 93.5 Å². The van der Waals surface area contributed by atoms with Crippen LogP contribution in [0.2, 0.25) is 0 Å². The van der Waals surface area contributed by atoms with Crippen LogP contribution in [0.25, 0.3) is 0 Å². The first kappa shape index (κ1) is 18.0. The van der Waals surface area contributed by atoms with E-state index in [-0.39, 0.29) is 17.8 Å². The Hall–Kier alpha value is -2.04. The van der Waals surface area contributed by atoms with Crippen molar-refractivity contribution >= 4 is 11.9 Å². The fraction of sp³-hybridized carbons (Fsp3) is 0.529. The summed E-state index contributed by atoms with van der Waals surface area (Å²) >= 11 is 0. The molecule has 1 amide bonds. The summed E-state index contributed by atoms with van der Waals surface area (Å²) in [4.78, 5) is 15.7. The zero-order valence-electron chi connectivity index (χ0n) is 13.4. The van der Waals surface area contributed by atoms with Gasteiger partial charge in [-0.2, -0.15) is 0 Å². The van der Waals surface area contributed by atoms with Gasteiger partial charge in [0.1, 0.15) is 0 Å². The zero-order chi connectivity index (χ0) is 16.2. The number of nitrogens with zero attached hydrogens (tertiary/aromatic N) is 1. The highest BCUT2D eigenvalue weighted by molar-refractivity contribution is 5.89. The highest BCUT2D eigenvalue weighted by Crippen LogP contribution is 2.29. The number of hydrogen-bond donors (Lipinski definition) is 3. The Morgan fingerprint density at radius 3 is 2.86 bits per heavy atom. The Morgan fingerprint density at radius 1 is 1.32 bits per heavy atom. The van der Waals surface area contributed by atoms with Crippen LogP contribution >= 0.6 is 0 Å². The van der Waals surface area contributed by atoms with Gasteiger partial charge in [0, 0.05) is 13.1 Å². The zero-order valence-corrected chi connectivity index (χ0v) is 13.4. The second kappa shape index (κ2) is 10.7. The summed E-state index contributed by atoms with van der Waals surface area (Å²) in [5.74, 6) is 0.154. The number of nitrogens with two attached hydrogens (primary N) is 2. The van der Waals surface area contributed by atoms with Crippen LogP contribution in [0.15, 0.2) is 40.9 Å². The molecule has 0 fully saturated rings. The lowest BCUT2D eigenvalue weighted by molar-refractivity contribution is -0.121. The molecule has 0 spiro atoms. The molecule has 1 atom stereocenters. The van der Waals surface area contributed by atoms with Gasteiger partial charge >= 0.3 is 0 Å². The fourth-order valence-electron chi connectivity index (χ4n) is 1.96. The van der Waals surface area contributed by atoms with Crippen molar-refractivity contribution in [2.45, 2.75) is 39.0 Å². The summed E-state index contributed by atoms with van der Waals surface area (Å²) in [6, 6.07) is 0. The van der Waals surface area contributed by atoms with Gasteiger partial charge in [0.2, 0.25) is 5.91 Å². The fourth-order valence-corrected chi connectivity index (χ4v) is 1.96. The van der Waals surface area contributed by atoms with E-state index >= 15 is 0 Å². The maximum Gasteiger partial charge on any atom is 0.231 e. The number of allylic oxidation sites excluding steroid dienone is 4. The van der Waals surface area contributed by atoms with Crippen molar-refractivity contribution in [1.29, 1.82) is 0 Å². The molecule has 5 nitrogen and oxygen atoms in total. The molecule has 0 unspecified atom stereocenters. The molecule has 22 heavy (non-hydrogen) atoms. The second-order valence-corrected chi connectivity index (χ2v) is 5.38. The lowest BCUT2D eigenvalue weighted by Gasteiger charge is -2.03. The molecule has 0 aromatic rings. The maximum atomic E-state index is 11.8. The summed E-state index contributed by atoms with van der Waals surface area (Å²) in [7, 11) is 0. The predicted octanol–water partition coefficient (Wildman–Crippen LogP) is 2.02. The van der Waals surface area contributed by atoms with Gasteiger partial charge in [-0.1, -0.05) is 50.1 Å². The number of nitrogens with one attached hydrogen (secondary N) is 1. The van der Waals surface area contributed by atoms with Crippen LogP contribution in [0.4, 0.5) is 0 Å². The summed E-state index contributed by atoms with van der Waals surface area (Å²) in [5.41, 5.74) is 11.6. The van der Waals surface area contributed by atoms with Crippen molar-refractivity contribution in [3.63, 3.8) is 0 Å². The van der Waals surface area contributed by atoms with Crippen molar-refractivity contribution in [3.8, 4) is 0 Å². The predicted molar refractivity (Wildman–Crippen MR) is 92.3 cm³/mol. The normalized spacial score (nSPS) is 16.8. The van der Waals surface area contributed by atoms with E-state index in [1.807, 2.05) is 24.3 Å². The third kappa shape index (κ3) is 8.29. The van der Waals surface area contributed by atoms with E-state index in [9.17, 15) is 4.79 Å². The van der Waals surface area contributed by atoms with Gasteiger partial charge in [-0.3, -0.25) is 9.79 Å². The first-order valence-electron chi connectivity index (χ1n) is 8.03. The molecule has 1 aliphatic rings. The standard InChI is InChI=1S/C17H28N4O/c1-2-3-4-5-6-7-10-14-13-15(14)16(22)20-11-8-9-12-21-17(18)19/h5-7,10,13,15H,2-4,8-9,11-12H2,1H3,(H,20,22)(H4,18,19,21)/b6-5-,10-7+/t15-/m0/s1. The number of hydrogen-bond acceptors (Lipinski definition) is 2. The molecular weight excluding hydrogens is 276 g/mol. The van der Waals surface area contributed by atoms with E-state index in [2.05, 4.69) is 23.3 Å². The average Bonchev–Trinajstić information content (AvgIpc) is 3.25. The third-order valence-corrected chi connectivity index (χ3v) is 3.33. The maximum absolute atomic E-state index is 11.8. The summed E-state index contributed by atoms with van der Waals surface area (Å²) in [5, 5.41) is 2.93. The van der Waals surface area contributed by atoms with Crippen LogP contribution in [-0.2, 0) is 4.79 Å². The molecule has 122 valence electrons. The SMILES string of the molecule is CCCC/C=C\C=C\C1=C[C@@H]1C(=O)NCCCCN=C(N)N. The van der Waals surface area contributed by atoms with Gasteiger partial charge < -0.3 is 16.8 Å². The Bertz CT molecular complexity index is 459. The number of carbonyl (C=O) groups excluding carboxylic acids is 1. The van der Waals surface area contributed by atoms with Gasteiger partial charge in [0.15, 0.2) is 5.96 Å². The molecule has 0 bridgehead atoms. The van der Waals surface area contributed by atoms with Gasteiger partial charge in [-0.25, -0.2) is 0 Å². The number of carbonyl (C=O) groups is 1. The molecular formula is C17H28N4O. The van der Waals surface area contributed by atoms with Gasteiger partial charge in [0.25, 0.3) is 0 Å².